The van der Waals surface area contributed by atoms with Gasteiger partial charge in [-0.3, -0.25) is 14.5 Å². The highest BCUT2D eigenvalue weighted by molar-refractivity contribution is 8.00. The molecule has 3 aliphatic heterocycles. The van der Waals surface area contributed by atoms with Crippen molar-refractivity contribution < 1.29 is 24.1 Å². The van der Waals surface area contributed by atoms with E-state index in [-0.39, 0.29) is 22.9 Å². The van der Waals surface area contributed by atoms with Crippen LogP contribution in [-0.2, 0) is 28.0 Å². The summed E-state index contributed by atoms with van der Waals surface area (Å²) < 4.78 is 1.97. The fourth-order valence-electron chi connectivity index (χ4n) is 3.73. The number of thioether (sulfide) groups is 1. The lowest BCUT2D eigenvalue weighted by molar-refractivity contribution is -0.680. The summed E-state index contributed by atoms with van der Waals surface area (Å²) in [6.07, 6.45) is 4.13. The molecule has 1 aromatic rings. The fourth-order valence-corrected chi connectivity index (χ4v) is 4.98. The van der Waals surface area contributed by atoms with Crippen molar-refractivity contribution in [3.63, 3.8) is 0 Å². The second-order valence-electron chi connectivity index (χ2n) is 7.06. The number of aryl methyl sites for hydroxylation is 1. The number of likely N-dealkylation sites (tertiary alicyclic amines) is 1. The summed E-state index contributed by atoms with van der Waals surface area (Å²) in [6.45, 7) is 1.08. The van der Waals surface area contributed by atoms with Crippen molar-refractivity contribution in [1.82, 2.24) is 9.80 Å². The lowest BCUT2D eigenvalue weighted by atomic mass is 10.0. The van der Waals surface area contributed by atoms with Crippen molar-refractivity contribution in [3.8, 4) is 0 Å². The Labute approximate surface area is 166 Å². The average molecular weight is 401 g/mol. The molecule has 4 rings (SSSR count). The molecule has 2 atom stereocenters. The number of aliphatic carboxylic acids is 1. The van der Waals surface area contributed by atoms with Crippen molar-refractivity contribution in [3.05, 3.63) is 53.0 Å². The number of nitrogens with zero attached hydrogens (tertiary/aromatic N) is 3. The van der Waals surface area contributed by atoms with Gasteiger partial charge in [0.15, 0.2) is 6.20 Å². The minimum atomic E-state index is -1.17. The quantitative estimate of drug-likeness (QED) is 0.409. The number of rotatable bonds is 4. The van der Waals surface area contributed by atoms with Crippen molar-refractivity contribution in [2.45, 2.75) is 24.4 Å². The summed E-state index contributed by atoms with van der Waals surface area (Å²) in [5.74, 6) is -1.24. The molecule has 0 bridgehead atoms. The lowest BCUT2D eigenvalue weighted by Crippen LogP contribution is -2.68. The van der Waals surface area contributed by atoms with E-state index >= 15 is 0 Å². The molecule has 4 heterocycles. The van der Waals surface area contributed by atoms with Gasteiger partial charge in [0, 0.05) is 30.0 Å². The molecule has 3 N–H and O–H groups in total. The molecule has 2 amide bonds. The number of carboxylic acid groups (broad SMARTS) is 1. The van der Waals surface area contributed by atoms with Crippen LogP contribution in [0, 0.1) is 0 Å². The molecule has 0 aromatic carbocycles. The van der Waals surface area contributed by atoms with Crippen LogP contribution in [0.1, 0.15) is 12.1 Å². The molecule has 146 valence electrons. The number of allylic oxidation sites excluding steroid dienone is 1. The van der Waals surface area contributed by atoms with E-state index in [0.29, 0.717) is 36.4 Å². The zero-order valence-corrected chi connectivity index (χ0v) is 16.2. The number of pyridine rings is 1. The van der Waals surface area contributed by atoms with Gasteiger partial charge < -0.3 is 15.7 Å². The molecule has 0 saturated carbocycles. The predicted molar refractivity (Wildman–Crippen MR) is 101 cm³/mol. The van der Waals surface area contributed by atoms with E-state index in [0.717, 1.165) is 5.69 Å². The first kappa shape index (κ1) is 18.7. The standard InChI is InChI=1S/C19H20N4O4S/c1-21-6-3-2-4-13(21)9-22-7-5-11(16(22)24)8-12-10-28-18-14(20)17(25)23(18)15(12)19(26)27/h2-4,6,8,14,18H,5,7,9-10,20H2,1H3/p+1/b11-8+/t14-,18-/m1/s1. The molecule has 0 aliphatic carbocycles. The Kier molecular flexibility index (Phi) is 4.72. The summed E-state index contributed by atoms with van der Waals surface area (Å²) in [4.78, 5) is 39.6. The molecular formula is C19H21N4O4S+. The second kappa shape index (κ2) is 7.06. The van der Waals surface area contributed by atoms with Gasteiger partial charge in [-0.2, -0.15) is 0 Å². The Morgan fingerprint density at radius 1 is 1.43 bits per heavy atom. The van der Waals surface area contributed by atoms with Crippen molar-refractivity contribution in [1.29, 1.82) is 0 Å². The van der Waals surface area contributed by atoms with Gasteiger partial charge in [0.25, 0.3) is 0 Å². The van der Waals surface area contributed by atoms with Gasteiger partial charge in [-0.15, -0.1) is 11.8 Å². The summed E-state index contributed by atoms with van der Waals surface area (Å²) in [7, 11) is 1.93. The Morgan fingerprint density at radius 2 is 2.21 bits per heavy atom. The first-order valence-electron chi connectivity index (χ1n) is 8.98. The van der Waals surface area contributed by atoms with Crippen LogP contribution >= 0.6 is 11.8 Å². The third-order valence-electron chi connectivity index (χ3n) is 5.32. The average Bonchev–Trinajstić information content (AvgIpc) is 3.02. The van der Waals surface area contributed by atoms with Gasteiger partial charge in [-0.1, -0.05) is 6.07 Å². The fraction of sp³-hybridized carbons (Fsp3) is 0.368. The minimum absolute atomic E-state index is 0.0522. The molecule has 8 nitrogen and oxygen atoms in total. The molecule has 9 heteroatoms. The largest absolute Gasteiger partial charge is 0.477 e. The van der Waals surface area contributed by atoms with E-state index in [1.54, 1.807) is 11.0 Å². The van der Waals surface area contributed by atoms with Crippen molar-refractivity contribution in [2.75, 3.05) is 12.3 Å². The van der Waals surface area contributed by atoms with Crippen LogP contribution in [-0.4, -0.2) is 56.4 Å². The van der Waals surface area contributed by atoms with Crippen LogP contribution in [0.4, 0.5) is 0 Å². The van der Waals surface area contributed by atoms with Crippen molar-refractivity contribution in [2.24, 2.45) is 12.8 Å². The molecule has 0 spiro atoms. The highest BCUT2D eigenvalue weighted by Crippen LogP contribution is 2.40. The molecule has 3 aliphatic rings. The molecule has 0 unspecified atom stereocenters. The van der Waals surface area contributed by atoms with Gasteiger partial charge in [0.05, 0.1) is 0 Å². The second-order valence-corrected chi connectivity index (χ2v) is 8.17. The molecule has 2 fully saturated rings. The minimum Gasteiger partial charge on any atom is -0.477 e. The van der Waals surface area contributed by atoms with E-state index in [4.69, 9.17) is 5.73 Å². The van der Waals surface area contributed by atoms with Crippen LogP contribution in [0.15, 0.2) is 47.3 Å². The zero-order valence-electron chi connectivity index (χ0n) is 15.4. The van der Waals surface area contributed by atoms with E-state index in [2.05, 4.69) is 0 Å². The highest BCUT2D eigenvalue weighted by Gasteiger charge is 2.51. The number of hydrogen-bond donors (Lipinski definition) is 2. The molecule has 28 heavy (non-hydrogen) atoms. The van der Waals surface area contributed by atoms with Crippen LogP contribution in [0.5, 0.6) is 0 Å². The number of carboxylic acids is 1. The van der Waals surface area contributed by atoms with E-state index in [1.165, 1.54) is 16.7 Å². The maximum absolute atomic E-state index is 12.8. The third-order valence-corrected chi connectivity index (χ3v) is 6.64. The lowest BCUT2D eigenvalue weighted by Gasteiger charge is -2.47. The van der Waals surface area contributed by atoms with Gasteiger partial charge in [-0.05, 0) is 18.1 Å². The number of carbonyl (C=O) groups is 3. The number of hydrogen-bond acceptors (Lipinski definition) is 5. The van der Waals surface area contributed by atoms with Crippen LogP contribution < -0.4 is 10.3 Å². The number of amides is 2. The Bertz CT molecular complexity index is 942. The Morgan fingerprint density at radius 3 is 2.93 bits per heavy atom. The van der Waals surface area contributed by atoms with Crippen LogP contribution in [0.25, 0.3) is 0 Å². The number of nitrogens with two attached hydrogens (primary N) is 1. The number of carbonyl (C=O) groups excluding carboxylic acids is 2. The maximum Gasteiger partial charge on any atom is 0.352 e. The molecule has 0 radical (unpaired) electrons. The van der Waals surface area contributed by atoms with Crippen LogP contribution in [0.2, 0.25) is 0 Å². The Hall–Kier alpha value is -2.65. The highest BCUT2D eigenvalue weighted by atomic mass is 32.2. The molecule has 1 aromatic heterocycles. The van der Waals surface area contributed by atoms with Crippen LogP contribution in [0.3, 0.4) is 0 Å². The first-order valence-corrected chi connectivity index (χ1v) is 10.0. The van der Waals surface area contributed by atoms with Crippen molar-refractivity contribution >= 4 is 29.5 Å². The summed E-state index contributed by atoms with van der Waals surface area (Å²) in [6, 6.07) is 5.17. The smallest absolute Gasteiger partial charge is 0.352 e. The maximum atomic E-state index is 12.8. The number of fused-ring (bicyclic) bond motifs is 1. The first-order chi connectivity index (χ1) is 13.4. The van der Waals surface area contributed by atoms with Gasteiger partial charge in [0.2, 0.25) is 17.5 Å². The SMILES string of the molecule is C[n+]1ccccc1CN1CC/C(=C\C2=C(C(=O)O)N3C(=O)[C@@H](N)[C@H]3SC2)C1=O. The van der Waals surface area contributed by atoms with E-state index in [9.17, 15) is 19.5 Å². The monoisotopic (exact) mass is 401 g/mol. The third kappa shape index (κ3) is 3.00. The molecule has 2 saturated heterocycles. The zero-order chi connectivity index (χ0) is 20.0. The summed E-state index contributed by atoms with van der Waals surface area (Å²) in [5, 5.41) is 9.28. The number of aromatic nitrogens is 1. The predicted octanol–water partition coefficient (Wildman–Crippen LogP) is -0.249. The normalized spacial score (nSPS) is 26.0. The number of β-lactam (4-membered cyclic amide) rings is 1. The van der Waals surface area contributed by atoms with Gasteiger partial charge in [-0.25, -0.2) is 9.36 Å². The molecular weight excluding hydrogens is 380 g/mol. The topological polar surface area (TPSA) is 108 Å². The van der Waals surface area contributed by atoms with E-state index in [1.807, 2.05) is 36.0 Å². The van der Waals surface area contributed by atoms with Gasteiger partial charge in [0.1, 0.15) is 30.7 Å². The summed E-state index contributed by atoms with van der Waals surface area (Å²) >= 11 is 1.43. The van der Waals surface area contributed by atoms with Gasteiger partial charge >= 0.3 is 5.97 Å². The summed E-state index contributed by atoms with van der Waals surface area (Å²) in [5.41, 5.74) is 7.79. The van der Waals surface area contributed by atoms with E-state index < -0.39 is 12.0 Å². The Balaban J connectivity index is 1.58.